The minimum Gasteiger partial charge on any atom is -0.790 e. The molecule has 18 heavy (non-hydrogen) atoms. The van der Waals surface area contributed by atoms with Gasteiger partial charge >= 0.3 is 59.1 Å². The van der Waals surface area contributed by atoms with Crippen LogP contribution in [0.4, 0.5) is 0 Å². The molecule has 96 valence electrons. The number of phosphoric ester groups is 1. The first-order valence-electron chi connectivity index (χ1n) is 4.10. The smallest absolute Gasteiger partial charge is 0.790 e. The molecule has 0 bridgehead atoms. The molecule has 0 unspecified atom stereocenters. The zero-order valence-electron chi connectivity index (χ0n) is 10.0. The van der Waals surface area contributed by atoms with Crippen LogP contribution in [0.25, 0.3) is 0 Å². The largest absolute Gasteiger partial charge is 1.00 e. The molecule has 5 N–H and O–H groups in total. The molecule has 0 radical (unpaired) electrons. The maximum atomic E-state index is 10.1. The zero-order chi connectivity index (χ0) is 12.9. The third-order valence-electron chi connectivity index (χ3n) is 1.70. The minimum atomic E-state index is -5.27. The van der Waals surface area contributed by atoms with Gasteiger partial charge in [0.2, 0.25) is 0 Å². The van der Waals surface area contributed by atoms with E-state index in [1.54, 1.807) is 0 Å². The number of hydrogen-bond donors (Lipinski definition) is 4. The average molecular weight is 303 g/mol. The van der Waals surface area contributed by atoms with Gasteiger partial charge in [-0.3, -0.25) is 0 Å². The topological polar surface area (TPSA) is 176 Å². The van der Waals surface area contributed by atoms with Crippen molar-refractivity contribution in [1.29, 1.82) is 0 Å². The minimum absolute atomic E-state index is 0. The molecule has 4 atom stereocenters. The summed E-state index contributed by atoms with van der Waals surface area (Å²) in [5.41, 5.74) is 5.03. The molecule has 0 spiro atoms. The van der Waals surface area contributed by atoms with Crippen LogP contribution in [0.1, 0.15) is 0 Å². The molecule has 0 aliphatic carbocycles. The summed E-state index contributed by atoms with van der Waals surface area (Å²) in [6.45, 7) is -1.03. The van der Waals surface area contributed by atoms with Gasteiger partial charge in [0.15, 0.2) is 0 Å². The Morgan fingerprint density at radius 2 is 1.67 bits per heavy atom. The maximum absolute atomic E-state index is 10.1. The molecule has 9 nitrogen and oxygen atoms in total. The Bertz CT molecular complexity index is 276. The summed E-state index contributed by atoms with van der Waals surface area (Å²) in [6, 6.07) is -1.45. The maximum Gasteiger partial charge on any atom is 1.00 e. The van der Waals surface area contributed by atoms with Crippen LogP contribution >= 0.6 is 7.82 Å². The van der Waals surface area contributed by atoms with E-state index in [0.29, 0.717) is 0 Å². The second kappa shape index (κ2) is 11.3. The third-order valence-corrected chi connectivity index (χ3v) is 2.16. The number of aldehydes is 1. The molecule has 0 aromatic carbocycles. The van der Waals surface area contributed by atoms with Gasteiger partial charge in [0.1, 0.15) is 24.6 Å². The van der Waals surface area contributed by atoms with Gasteiger partial charge in [-0.25, -0.2) is 0 Å². The average Bonchev–Trinajstić information content (AvgIpc) is 2.21. The van der Waals surface area contributed by atoms with Crippen molar-refractivity contribution in [1.82, 2.24) is 0 Å². The second-order valence-electron chi connectivity index (χ2n) is 3.00. The molecule has 0 rings (SSSR count). The number of nitrogens with two attached hydrogens (primary N) is 1. The van der Waals surface area contributed by atoms with Gasteiger partial charge in [-0.1, -0.05) is 0 Å². The van der Waals surface area contributed by atoms with E-state index >= 15 is 0 Å². The van der Waals surface area contributed by atoms with Crippen molar-refractivity contribution < 1.29 is 98.1 Å². The SMILES string of the molecule is N[C@@H](C=O)[C@@H](O)[C@H](O)[C@H](O)COP(=O)([O-])[O-].[Na+].[Na+]. The molecule has 0 aromatic rings. The monoisotopic (exact) mass is 303 g/mol. The van der Waals surface area contributed by atoms with E-state index in [-0.39, 0.29) is 65.4 Å². The molecule has 0 fully saturated rings. The van der Waals surface area contributed by atoms with Gasteiger partial charge in [0.25, 0.3) is 0 Å². The van der Waals surface area contributed by atoms with Crippen molar-refractivity contribution in [2.75, 3.05) is 6.61 Å². The predicted octanol–water partition coefficient (Wildman–Crippen LogP) is -10.6. The van der Waals surface area contributed by atoms with E-state index in [1.165, 1.54) is 0 Å². The van der Waals surface area contributed by atoms with Crippen molar-refractivity contribution in [3.63, 3.8) is 0 Å². The van der Waals surface area contributed by atoms with Crippen molar-refractivity contribution in [3.8, 4) is 0 Å². The molecule has 0 aliphatic heterocycles. The van der Waals surface area contributed by atoms with Crippen LogP contribution in [-0.2, 0) is 13.9 Å². The van der Waals surface area contributed by atoms with Crippen LogP contribution in [0, 0.1) is 0 Å². The fourth-order valence-corrected chi connectivity index (χ4v) is 1.14. The number of phosphoric acid groups is 1. The number of aliphatic hydroxyl groups is 3. The third kappa shape index (κ3) is 10.4. The summed E-state index contributed by atoms with van der Waals surface area (Å²) in [7, 11) is -5.27. The van der Waals surface area contributed by atoms with Crippen LogP contribution in [0.2, 0.25) is 0 Å². The number of aliphatic hydroxyl groups excluding tert-OH is 3. The van der Waals surface area contributed by atoms with Gasteiger partial charge < -0.3 is 44.7 Å². The van der Waals surface area contributed by atoms with E-state index in [0.717, 1.165) is 0 Å². The summed E-state index contributed by atoms with van der Waals surface area (Å²) in [5, 5.41) is 27.4. The first-order valence-corrected chi connectivity index (χ1v) is 5.56. The van der Waals surface area contributed by atoms with E-state index < -0.39 is 38.8 Å². The van der Waals surface area contributed by atoms with Crippen LogP contribution in [0.5, 0.6) is 0 Å². The van der Waals surface area contributed by atoms with Crippen molar-refractivity contribution in [2.45, 2.75) is 24.4 Å². The Morgan fingerprint density at radius 3 is 2.00 bits per heavy atom. The number of rotatable bonds is 7. The molecule has 0 aliphatic rings. The molecule has 12 heteroatoms. The Morgan fingerprint density at radius 1 is 1.22 bits per heavy atom. The number of carbonyl (C=O) groups excluding carboxylic acids is 1. The van der Waals surface area contributed by atoms with Gasteiger partial charge in [0, 0.05) is 0 Å². The van der Waals surface area contributed by atoms with E-state index in [2.05, 4.69) is 4.52 Å². The number of carbonyl (C=O) groups is 1. The zero-order valence-corrected chi connectivity index (χ0v) is 14.9. The summed E-state index contributed by atoms with van der Waals surface area (Å²) in [5.74, 6) is 0. The number of hydrogen-bond acceptors (Lipinski definition) is 9. The Hall–Kier alpha value is 1.62. The first kappa shape index (κ1) is 24.6. The quantitative estimate of drug-likeness (QED) is 0.202. The molecule has 0 amide bonds. The Kier molecular flexibility index (Phi) is 15.5. The van der Waals surface area contributed by atoms with E-state index in [9.17, 15) is 24.3 Å². The van der Waals surface area contributed by atoms with Crippen molar-refractivity contribution in [2.24, 2.45) is 5.73 Å². The molecule has 0 aromatic heterocycles. The van der Waals surface area contributed by atoms with Gasteiger partial charge in [-0.05, 0) is 0 Å². The fraction of sp³-hybridized carbons (Fsp3) is 0.833. The van der Waals surface area contributed by atoms with Crippen LogP contribution in [-0.4, -0.2) is 52.6 Å². The van der Waals surface area contributed by atoms with Gasteiger partial charge in [-0.2, -0.15) is 0 Å². The molecular weight excluding hydrogens is 291 g/mol. The molecular formula is C6H12NNa2O8P. The van der Waals surface area contributed by atoms with Gasteiger partial charge in [0.05, 0.1) is 20.5 Å². The fourth-order valence-electron chi connectivity index (χ4n) is 0.802. The van der Waals surface area contributed by atoms with Gasteiger partial charge in [-0.15, -0.1) is 0 Å². The summed E-state index contributed by atoms with van der Waals surface area (Å²) >= 11 is 0. The predicted molar refractivity (Wildman–Crippen MR) is 45.6 cm³/mol. The molecule has 0 saturated carbocycles. The molecule has 0 saturated heterocycles. The van der Waals surface area contributed by atoms with Crippen LogP contribution in [0.3, 0.4) is 0 Å². The normalized spacial score (nSPS) is 17.7. The summed E-state index contributed by atoms with van der Waals surface area (Å²) in [4.78, 5) is 30.2. The second-order valence-corrected chi connectivity index (χ2v) is 4.16. The Labute approximate surface area is 148 Å². The summed E-state index contributed by atoms with van der Waals surface area (Å²) < 4.78 is 13.7. The summed E-state index contributed by atoms with van der Waals surface area (Å²) in [6.07, 6.45) is -5.44. The molecule has 0 heterocycles. The Balaban J connectivity index is -0.00000112. The van der Waals surface area contributed by atoms with E-state index in [1.807, 2.05) is 0 Å². The van der Waals surface area contributed by atoms with Crippen LogP contribution < -0.4 is 74.6 Å². The van der Waals surface area contributed by atoms with E-state index in [4.69, 9.17) is 15.9 Å². The standard InChI is InChI=1S/C6H14NO8P.2Na/c7-3(1-8)5(10)6(11)4(9)2-15-16(12,13)14;;/h1,3-6,9-11H,2,7H2,(H2,12,13,14);;/q;2*+1/p-2/t3-,4+,5+,6+;;/m0../s1. The van der Waals surface area contributed by atoms with Crippen molar-refractivity contribution in [3.05, 3.63) is 0 Å². The van der Waals surface area contributed by atoms with Crippen LogP contribution in [0.15, 0.2) is 0 Å². The first-order chi connectivity index (χ1) is 7.19. The van der Waals surface area contributed by atoms with Crippen molar-refractivity contribution >= 4 is 14.1 Å².